The summed E-state index contributed by atoms with van der Waals surface area (Å²) in [6.07, 6.45) is 15.1. The molecule has 18 heavy (non-hydrogen) atoms. The van der Waals surface area contributed by atoms with E-state index in [0.29, 0.717) is 6.04 Å². The Bertz CT molecular complexity index is 373. The van der Waals surface area contributed by atoms with Gasteiger partial charge >= 0.3 is 0 Å². The highest BCUT2D eigenvalue weighted by molar-refractivity contribution is 5.05. The second-order valence-corrected chi connectivity index (χ2v) is 6.07. The van der Waals surface area contributed by atoms with Gasteiger partial charge in [-0.1, -0.05) is 25.7 Å². The molecule has 0 amide bonds. The van der Waals surface area contributed by atoms with Crippen LogP contribution in [0.1, 0.15) is 63.2 Å². The predicted octanol–water partition coefficient (Wildman–Crippen LogP) is 3.18. The molecule has 2 aliphatic carbocycles. The smallest absolute Gasteiger partial charge is 0.125 e. The normalized spacial score (nSPS) is 23.8. The van der Waals surface area contributed by atoms with Crippen molar-refractivity contribution in [1.29, 1.82) is 0 Å². The van der Waals surface area contributed by atoms with Gasteiger partial charge in [0.1, 0.15) is 5.82 Å². The Morgan fingerprint density at radius 3 is 2.44 bits per heavy atom. The van der Waals surface area contributed by atoms with Crippen molar-refractivity contribution in [3.8, 4) is 0 Å². The molecule has 2 saturated carbocycles. The van der Waals surface area contributed by atoms with Crippen molar-refractivity contribution < 1.29 is 0 Å². The van der Waals surface area contributed by atoms with E-state index < -0.39 is 0 Å². The summed E-state index contributed by atoms with van der Waals surface area (Å²) in [5.41, 5.74) is 0. The van der Waals surface area contributed by atoms with Gasteiger partial charge < -0.3 is 9.88 Å². The van der Waals surface area contributed by atoms with Gasteiger partial charge in [-0.2, -0.15) is 0 Å². The summed E-state index contributed by atoms with van der Waals surface area (Å²) in [5.74, 6) is 2.07. The molecule has 3 heteroatoms. The average molecular weight is 247 g/mol. The van der Waals surface area contributed by atoms with Crippen LogP contribution in [-0.2, 0) is 7.05 Å². The van der Waals surface area contributed by atoms with E-state index in [1.54, 1.807) is 0 Å². The van der Waals surface area contributed by atoms with Crippen LogP contribution in [0.25, 0.3) is 0 Å². The second-order valence-electron chi connectivity index (χ2n) is 6.07. The number of hydrogen-bond acceptors (Lipinski definition) is 2. The van der Waals surface area contributed by atoms with Crippen LogP contribution in [0, 0.1) is 5.92 Å². The van der Waals surface area contributed by atoms with Gasteiger partial charge in [-0.25, -0.2) is 4.98 Å². The first-order chi connectivity index (χ1) is 8.84. The van der Waals surface area contributed by atoms with Crippen LogP contribution in [0.4, 0.5) is 0 Å². The molecular weight excluding hydrogens is 222 g/mol. The molecule has 3 nitrogen and oxygen atoms in total. The molecule has 1 aromatic heterocycles. The Morgan fingerprint density at radius 1 is 1.17 bits per heavy atom. The molecule has 0 spiro atoms. The highest BCUT2D eigenvalue weighted by Gasteiger charge is 2.35. The van der Waals surface area contributed by atoms with Gasteiger partial charge in [-0.3, -0.25) is 0 Å². The van der Waals surface area contributed by atoms with E-state index in [9.17, 15) is 0 Å². The third kappa shape index (κ3) is 2.77. The number of nitrogens with zero attached hydrogens (tertiary/aromatic N) is 2. The summed E-state index contributed by atoms with van der Waals surface area (Å²) in [4.78, 5) is 4.57. The Morgan fingerprint density at radius 2 is 1.89 bits per heavy atom. The molecule has 0 bridgehead atoms. The SMILES string of the molecule is Cn1ccnc1C(NC1CCCCCC1)C1CC1. The van der Waals surface area contributed by atoms with E-state index in [-0.39, 0.29) is 0 Å². The summed E-state index contributed by atoms with van der Waals surface area (Å²) in [5, 5.41) is 3.92. The molecule has 1 atom stereocenters. The van der Waals surface area contributed by atoms with E-state index in [1.165, 1.54) is 57.2 Å². The Hall–Kier alpha value is -0.830. The van der Waals surface area contributed by atoms with Crippen LogP contribution in [0.15, 0.2) is 12.4 Å². The lowest BCUT2D eigenvalue weighted by molar-refractivity contribution is 0.357. The van der Waals surface area contributed by atoms with Crippen molar-refractivity contribution in [3.05, 3.63) is 18.2 Å². The molecule has 1 N–H and O–H groups in total. The third-order valence-electron chi connectivity index (χ3n) is 4.50. The minimum atomic E-state index is 0.494. The minimum Gasteiger partial charge on any atom is -0.337 e. The monoisotopic (exact) mass is 247 g/mol. The molecule has 0 aliphatic heterocycles. The van der Waals surface area contributed by atoms with Gasteiger partial charge in [-0.05, 0) is 31.6 Å². The van der Waals surface area contributed by atoms with Crippen LogP contribution in [0.5, 0.6) is 0 Å². The van der Waals surface area contributed by atoms with Gasteiger partial charge in [0.15, 0.2) is 0 Å². The summed E-state index contributed by atoms with van der Waals surface area (Å²) in [6.45, 7) is 0. The molecule has 0 aromatic carbocycles. The first kappa shape index (κ1) is 12.2. The lowest BCUT2D eigenvalue weighted by Gasteiger charge is -2.24. The fraction of sp³-hybridized carbons (Fsp3) is 0.800. The van der Waals surface area contributed by atoms with E-state index in [1.807, 2.05) is 6.20 Å². The van der Waals surface area contributed by atoms with Gasteiger partial charge in [0, 0.05) is 25.5 Å². The zero-order valence-corrected chi connectivity index (χ0v) is 11.4. The first-order valence-corrected chi connectivity index (χ1v) is 7.58. The summed E-state index contributed by atoms with van der Waals surface area (Å²) in [7, 11) is 2.12. The zero-order chi connectivity index (χ0) is 12.4. The predicted molar refractivity (Wildman–Crippen MR) is 73.3 cm³/mol. The molecule has 2 aliphatic rings. The van der Waals surface area contributed by atoms with Crippen molar-refractivity contribution >= 4 is 0 Å². The molecule has 0 radical (unpaired) electrons. The Balaban J connectivity index is 1.68. The third-order valence-corrected chi connectivity index (χ3v) is 4.50. The Labute approximate surface area is 110 Å². The maximum atomic E-state index is 4.57. The highest BCUT2D eigenvalue weighted by atomic mass is 15.1. The number of aromatic nitrogens is 2. The minimum absolute atomic E-state index is 0.494. The van der Waals surface area contributed by atoms with Gasteiger partial charge in [0.05, 0.1) is 6.04 Å². The van der Waals surface area contributed by atoms with Crippen molar-refractivity contribution in [2.75, 3.05) is 0 Å². The van der Waals surface area contributed by atoms with E-state index in [2.05, 4.69) is 28.1 Å². The number of aryl methyl sites for hydroxylation is 1. The highest BCUT2D eigenvalue weighted by Crippen LogP contribution is 2.41. The van der Waals surface area contributed by atoms with E-state index in [0.717, 1.165) is 12.0 Å². The van der Waals surface area contributed by atoms with Crippen molar-refractivity contribution in [1.82, 2.24) is 14.9 Å². The van der Waals surface area contributed by atoms with Crippen LogP contribution in [0.2, 0.25) is 0 Å². The number of nitrogens with one attached hydrogen (secondary N) is 1. The standard InChI is InChI=1S/C15H25N3/c1-18-11-10-16-15(18)14(12-8-9-12)17-13-6-4-2-3-5-7-13/h10-14,17H,2-9H2,1H3. The topological polar surface area (TPSA) is 29.9 Å². The lowest BCUT2D eigenvalue weighted by Crippen LogP contribution is -2.35. The Kier molecular flexibility index (Phi) is 3.69. The molecule has 2 fully saturated rings. The summed E-state index contributed by atoms with van der Waals surface area (Å²) >= 11 is 0. The summed E-state index contributed by atoms with van der Waals surface area (Å²) in [6, 6.07) is 1.21. The average Bonchev–Trinajstić information content (AvgIpc) is 3.15. The van der Waals surface area contributed by atoms with E-state index in [4.69, 9.17) is 0 Å². The maximum Gasteiger partial charge on any atom is 0.125 e. The van der Waals surface area contributed by atoms with Crippen LogP contribution in [0.3, 0.4) is 0 Å². The van der Waals surface area contributed by atoms with E-state index >= 15 is 0 Å². The van der Waals surface area contributed by atoms with Crippen molar-refractivity contribution in [2.24, 2.45) is 13.0 Å². The van der Waals surface area contributed by atoms with Gasteiger partial charge in [-0.15, -0.1) is 0 Å². The molecule has 0 saturated heterocycles. The maximum absolute atomic E-state index is 4.57. The fourth-order valence-corrected chi connectivity index (χ4v) is 3.23. The molecule has 3 rings (SSSR count). The van der Waals surface area contributed by atoms with Crippen LogP contribution in [-0.4, -0.2) is 15.6 Å². The fourth-order valence-electron chi connectivity index (χ4n) is 3.23. The molecular formula is C15H25N3. The quantitative estimate of drug-likeness (QED) is 0.828. The molecule has 1 aromatic rings. The van der Waals surface area contributed by atoms with Gasteiger partial charge in [0.2, 0.25) is 0 Å². The van der Waals surface area contributed by atoms with Crippen LogP contribution < -0.4 is 5.32 Å². The molecule has 1 heterocycles. The molecule has 1 unspecified atom stereocenters. The molecule has 100 valence electrons. The van der Waals surface area contributed by atoms with Crippen molar-refractivity contribution in [3.63, 3.8) is 0 Å². The number of rotatable bonds is 4. The number of hydrogen-bond donors (Lipinski definition) is 1. The van der Waals surface area contributed by atoms with Gasteiger partial charge in [0.25, 0.3) is 0 Å². The second kappa shape index (κ2) is 5.43. The van der Waals surface area contributed by atoms with Crippen molar-refractivity contribution in [2.45, 2.75) is 63.5 Å². The van der Waals surface area contributed by atoms with Crippen LogP contribution >= 0.6 is 0 Å². The zero-order valence-electron chi connectivity index (χ0n) is 11.4. The largest absolute Gasteiger partial charge is 0.337 e. The summed E-state index contributed by atoms with van der Waals surface area (Å²) < 4.78 is 2.19. The lowest BCUT2D eigenvalue weighted by atomic mass is 10.1. The number of imidazole rings is 1. The first-order valence-electron chi connectivity index (χ1n) is 7.58.